The molecule has 10 heteroatoms. The molecule has 0 heterocycles. The van der Waals surface area contributed by atoms with E-state index in [9.17, 15) is 29.9 Å². The maximum absolute atomic E-state index is 12.6. The number of carbonyl (C=O) groups is 3. The highest BCUT2D eigenvalue weighted by atomic mass is 16.8. The lowest BCUT2D eigenvalue weighted by molar-refractivity contribution is -0.165. The van der Waals surface area contributed by atoms with E-state index in [2.05, 4.69) is 5.32 Å². The second kappa shape index (κ2) is 10.1. The van der Waals surface area contributed by atoms with E-state index in [1.54, 1.807) is 34.6 Å². The zero-order valence-electron chi connectivity index (χ0n) is 17.0. The molecule has 1 aromatic rings. The van der Waals surface area contributed by atoms with Crippen molar-refractivity contribution in [1.82, 2.24) is 5.32 Å². The summed E-state index contributed by atoms with van der Waals surface area (Å²) in [5.41, 5.74) is -1.37. The van der Waals surface area contributed by atoms with Crippen LogP contribution in [0.3, 0.4) is 0 Å². The minimum absolute atomic E-state index is 0.0258. The minimum atomic E-state index is -1.71. The number of hydrogen-bond acceptors (Lipinski definition) is 8. The molecule has 2 atom stereocenters. The highest BCUT2D eigenvalue weighted by molar-refractivity contribution is 5.84. The SMILES string of the molecule is CC(C)C[C@H](NC(=O)OC(C(=O)OC(C)(C)C)c1ccccc1N([O-])O)C(=O)O. The summed E-state index contributed by atoms with van der Waals surface area (Å²) in [7, 11) is 0. The Kier molecular flexibility index (Phi) is 8.41. The molecule has 0 radical (unpaired) electrons. The molecule has 0 fully saturated rings. The molecule has 29 heavy (non-hydrogen) atoms. The highest BCUT2D eigenvalue weighted by Crippen LogP contribution is 2.30. The molecule has 1 amide bonds. The van der Waals surface area contributed by atoms with Crippen LogP contribution in [0.4, 0.5) is 10.5 Å². The molecule has 0 bridgehead atoms. The number of carboxylic acid groups (broad SMARTS) is 1. The first-order valence-corrected chi connectivity index (χ1v) is 8.99. The Bertz CT molecular complexity index is 727. The van der Waals surface area contributed by atoms with Gasteiger partial charge in [-0.25, -0.2) is 14.4 Å². The lowest BCUT2D eigenvalue weighted by Crippen LogP contribution is -2.43. The van der Waals surface area contributed by atoms with Crippen LogP contribution < -0.4 is 10.5 Å². The van der Waals surface area contributed by atoms with Crippen molar-refractivity contribution in [2.75, 3.05) is 5.23 Å². The number of esters is 1. The average Bonchev–Trinajstić information content (AvgIpc) is 2.57. The third-order valence-electron chi connectivity index (χ3n) is 3.57. The Morgan fingerprint density at radius 2 is 1.79 bits per heavy atom. The Morgan fingerprint density at radius 3 is 2.28 bits per heavy atom. The predicted octanol–water partition coefficient (Wildman–Crippen LogP) is 2.99. The van der Waals surface area contributed by atoms with Crippen LogP contribution in [0.25, 0.3) is 0 Å². The van der Waals surface area contributed by atoms with Crippen molar-refractivity contribution in [1.29, 1.82) is 0 Å². The maximum atomic E-state index is 12.6. The van der Waals surface area contributed by atoms with Gasteiger partial charge in [0.25, 0.3) is 0 Å². The van der Waals surface area contributed by atoms with Gasteiger partial charge >= 0.3 is 18.0 Å². The number of benzene rings is 1. The molecule has 10 nitrogen and oxygen atoms in total. The first kappa shape index (κ1) is 24.2. The number of ether oxygens (including phenoxy) is 2. The van der Waals surface area contributed by atoms with Crippen molar-refractivity contribution in [2.24, 2.45) is 5.92 Å². The second-order valence-electron chi connectivity index (χ2n) is 7.82. The largest absolute Gasteiger partial charge is 0.733 e. The summed E-state index contributed by atoms with van der Waals surface area (Å²) in [6.07, 6.45) is -2.75. The smallest absolute Gasteiger partial charge is 0.409 e. The van der Waals surface area contributed by atoms with E-state index in [0.717, 1.165) is 0 Å². The van der Waals surface area contributed by atoms with Crippen molar-refractivity contribution < 1.29 is 34.2 Å². The van der Waals surface area contributed by atoms with Gasteiger partial charge < -0.3 is 30.3 Å². The van der Waals surface area contributed by atoms with Crippen LogP contribution in [0, 0.1) is 11.1 Å². The fraction of sp³-hybridized carbons (Fsp3) is 0.526. The number of nitrogens with one attached hydrogen (secondary N) is 1. The quantitative estimate of drug-likeness (QED) is 0.433. The van der Waals surface area contributed by atoms with Crippen molar-refractivity contribution in [3.8, 4) is 0 Å². The van der Waals surface area contributed by atoms with Gasteiger partial charge in [-0.1, -0.05) is 32.0 Å². The summed E-state index contributed by atoms with van der Waals surface area (Å²) in [4.78, 5) is 36.3. The van der Waals surface area contributed by atoms with E-state index in [-0.39, 0.29) is 23.6 Å². The number of rotatable bonds is 8. The summed E-state index contributed by atoms with van der Waals surface area (Å²) in [6.45, 7) is 8.37. The summed E-state index contributed by atoms with van der Waals surface area (Å²) >= 11 is 0. The molecule has 0 saturated carbocycles. The maximum Gasteiger partial charge on any atom is 0.409 e. The van der Waals surface area contributed by atoms with E-state index >= 15 is 0 Å². The Balaban J connectivity index is 3.17. The van der Waals surface area contributed by atoms with E-state index in [0.29, 0.717) is 0 Å². The zero-order chi connectivity index (χ0) is 22.4. The van der Waals surface area contributed by atoms with Gasteiger partial charge in [-0.2, -0.15) is 0 Å². The lowest BCUT2D eigenvalue weighted by atomic mass is 10.0. The summed E-state index contributed by atoms with van der Waals surface area (Å²) < 4.78 is 10.4. The number of para-hydroxylation sites is 1. The normalized spacial score (nSPS) is 13.4. The number of nitrogens with zero attached hydrogens (tertiary/aromatic N) is 1. The van der Waals surface area contributed by atoms with Crippen molar-refractivity contribution >= 4 is 23.7 Å². The molecule has 1 rings (SSSR count). The van der Waals surface area contributed by atoms with Crippen molar-refractivity contribution in [2.45, 2.75) is 58.8 Å². The number of hydrogen-bond donors (Lipinski definition) is 3. The summed E-state index contributed by atoms with van der Waals surface area (Å²) in [5, 5.41) is 31.7. The van der Waals surface area contributed by atoms with Gasteiger partial charge in [-0.15, -0.1) is 0 Å². The van der Waals surface area contributed by atoms with Crippen LogP contribution >= 0.6 is 0 Å². The molecule has 0 aromatic heterocycles. The van der Waals surface area contributed by atoms with Crippen LogP contribution in [0.1, 0.15) is 52.7 Å². The second-order valence-corrected chi connectivity index (χ2v) is 7.82. The van der Waals surface area contributed by atoms with Crippen molar-refractivity contribution in [3.05, 3.63) is 35.0 Å². The van der Waals surface area contributed by atoms with Gasteiger partial charge in [0.1, 0.15) is 11.6 Å². The standard InChI is InChI=1S/C19H27N2O8/c1-11(2)10-13(16(22)23)20-18(25)28-15(17(24)29-19(3,4)5)12-8-6-7-9-14(12)21(26)27/h6-9,11,13,15,26H,10H2,1-5H3,(H,20,25)(H,22,23)/q-1/t13-,15?/m0/s1. The van der Waals surface area contributed by atoms with Gasteiger partial charge in [0.05, 0.1) is 5.69 Å². The van der Waals surface area contributed by atoms with Gasteiger partial charge in [-0.05, 0) is 39.2 Å². The van der Waals surface area contributed by atoms with E-state index < -0.39 is 41.0 Å². The molecule has 162 valence electrons. The molecule has 0 aliphatic rings. The molecular formula is C19H27N2O8-. The topological polar surface area (TPSA) is 148 Å². The molecule has 1 unspecified atom stereocenters. The number of aliphatic carboxylic acids is 1. The predicted molar refractivity (Wildman–Crippen MR) is 103 cm³/mol. The Hall–Kier alpha value is -2.85. The Labute approximate surface area is 168 Å². The van der Waals surface area contributed by atoms with Crippen LogP contribution in [-0.2, 0) is 19.1 Å². The third kappa shape index (κ3) is 7.96. The molecular weight excluding hydrogens is 384 g/mol. The van der Waals surface area contributed by atoms with Crippen molar-refractivity contribution in [3.63, 3.8) is 0 Å². The zero-order valence-corrected chi connectivity index (χ0v) is 17.0. The number of carbonyl (C=O) groups excluding carboxylic acids is 2. The van der Waals surface area contributed by atoms with Crippen LogP contribution in [0.15, 0.2) is 24.3 Å². The van der Waals surface area contributed by atoms with E-state index in [1.807, 2.05) is 0 Å². The van der Waals surface area contributed by atoms with Crippen LogP contribution in [0.5, 0.6) is 0 Å². The first-order valence-electron chi connectivity index (χ1n) is 8.99. The van der Waals surface area contributed by atoms with Gasteiger partial charge in [0, 0.05) is 5.56 Å². The lowest BCUT2D eigenvalue weighted by Gasteiger charge is -2.29. The highest BCUT2D eigenvalue weighted by Gasteiger charge is 2.33. The molecule has 0 aliphatic carbocycles. The van der Waals surface area contributed by atoms with Gasteiger partial charge in [-0.3, -0.25) is 5.21 Å². The minimum Gasteiger partial charge on any atom is -0.733 e. The van der Waals surface area contributed by atoms with Crippen LogP contribution in [-0.4, -0.2) is 40.0 Å². The monoisotopic (exact) mass is 411 g/mol. The molecule has 1 aromatic carbocycles. The Morgan fingerprint density at radius 1 is 1.21 bits per heavy atom. The summed E-state index contributed by atoms with van der Waals surface area (Å²) in [6, 6.07) is 4.21. The van der Waals surface area contributed by atoms with Gasteiger partial charge in [0.15, 0.2) is 0 Å². The summed E-state index contributed by atoms with van der Waals surface area (Å²) in [5.74, 6) is -2.27. The first-order chi connectivity index (χ1) is 13.3. The molecule has 0 aliphatic heterocycles. The third-order valence-corrected chi connectivity index (χ3v) is 3.57. The number of alkyl carbamates (subject to hydrolysis) is 1. The fourth-order valence-electron chi connectivity index (χ4n) is 2.45. The van der Waals surface area contributed by atoms with E-state index in [4.69, 9.17) is 9.47 Å². The van der Waals surface area contributed by atoms with E-state index in [1.165, 1.54) is 24.3 Å². The molecule has 0 saturated heterocycles. The number of anilines is 1. The number of amides is 1. The van der Waals surface area contributed by atoms with Crippen LogP contribution in [0.2, 0.25) is 0 Å². The molecule has 3 N–H and O–H groups in total. The van der Waals surface area contributed by atoms with Gasteiger partial charge in [0.2, 0.25) is 6.10 Å². The average molecular weight is 411 g/mol. The molecule has 0 spiro atoms. The fourth-order valence-corrected chi connectivity index (χ4v) is 2.45. The number of carboxylic acids is 1.